The molecule has 0 aromatic heterocycles. The number of likely N-dealkylation sites (N-methyl/N-ethyl adjacent to an activating group) is 1. The maximum atomic E-state index is 6.17. The molecule has 6 nitrogen and oxygen atoms in total. The van der Waals surface area contributed by atoms with Gasteiger partial charge >= 0.3 is 0 Å². The maximum Gasteiger partial charge on any atom is 0.193 e. The summed E-state index contributed by atoms with van der Waals surface area (Å²) in [4.78, 5) is 9.20. The number of hydrogen-bond acceptors (Lipinski definition) is 4. The van der Waals surface area contributed by atoms with Crippen LogP contribution in [0.5, 0.6) is 0 Å². The van der Waals surface area contributed by atoms with Gasteiger partial charge in [-0.1, -0.05) is 31.2 Å². The van der Waals surface area contributed by atoms with Crippen LogP contribution in [0.1, 0.15) is 56.2 Å². The standard InChI is InChI=1S/C25H42N4O2.HI/c1-5-20-9-11-21(12-10-20)24(28(3)4)18-27-25(26-2)29-15-13-22(14-16-29)31-19-23-8-6-7-17-30-23;/h9-12,22-24H,5-8,13-19H2,1-4H3,(H,26,27);1H. The predicted molar refractivity (Wildman–Crippen MR) is 143 cm³/mol. The van der Waals surface area contributed by atoms with E-state index < -0.39 is 0 Å². The van der Waals surface area contributed by atoms with E-state index in [9.17, 15) is 0 Å². The number of benzene rings is 1. The van der Waals surface area contributed by atoms with E-state index in [0.717, 1.165) is 64.5 Å². The fourth-order valence-electron chi connectivity index (χ4n) is 4.51. The summed E-state index contributed by atoms with van der Waals surface area (Å²) in [5.74, 6) is 0.992. The van der Waals surface area contributed by atoms with Gasteiger partial charge in [-0.25, -0.2) is 0 Å². The van der Waals surface area contributed by atoms with Crippen molar-refractivity contribution in [3.8, 4) is 0 Å². The number of nitrogens with zero attached hydrogens (tertiary/aromatic N) is 3. The van der Waals surface area contributed by atoms with Crippen LogP contribution in [0.3, 0.4) is 0 Å². The van der Waals surface area contributed by atoms with Crippen LogP contribution in [-0.4, -0.2) is 82.0 Å². The van der Waals surface area contributed by atoms with Gasteiger partial charge in [-0.05, 0) is 63.7 Å². The minimum Gasteiger partial charge on any atom is -0.376 e. The summed E-state index contributed by atoms with van der Waals surface area (Å²) >= 11 is 0. The van der Waals surface area contributed by atoms with Gasteiger partial charge in [0, 0.05) is 33.3 Å². The van der Waals surface area contributed by atoms with Crippen molar-refractivity contribution in [1.82, 2.24) is 15.1 Å². The Balaban J connectivity index is 0.00000363. The molecule has 2 atom stereocenters. The SMILES string of the molecule is CCc1ccc(C(CNC(=NC)N2CCC(OCC3CCCCO3)CC2)N(C)C)cc1.I. The van der Waals surface area contributed by atoms with Crippen LogP contribution in [0.4, 0.5) is 0 Å². The molecule has 2 heterocycles. The molecule has 0 aliphatic carbocycles. The molecule has 2 fully saturated rings. The van der Waals surface area contributed by atoms with Gasteiger partial charge < -0.3 is 24.6 Å². The van der Waals surface area contributed by atoms with E-state index in [1.165, 1.54) is 24.0 Å². The Morgan fingerprint density at radius 1 is 1.19 bits per heavy atom. The Kier molecular flexibility index (Phi) is 12.3. The topological polar surface area (TPSA) is 49.3 Å². The molecule has 0 amide bonds. The van der Waals surface area contributed by atoms with Gasteiger partial charge in [-0.2, -0.15) is 0 Å². The number of rotatable bonds is 8. The van der Waals surface area contributed by atoms with E-state index in [0.29, 0.717) is 18.2 Å². The second-order valence-corrected chi connectivity index (χ2v) is 9.01. The van der Waals surface area contributed by atoms with Gasteiger partial charge in [0.2, 0.25) is 0 Å². The molecule has 3 rings (SSSR count). The lowest BCUT2D eigenvalue weighted by Gasteiger charge is -2.36. The normalized spacial score (nSPS) is 21.3. The van der Waals surface area contributed by atoms with Crippen LogP contribution in [0.2, 0.25) is 0 Å². The average molecular weight is 559 g/mol. The van der Waals surface area contributed by atoms with E-state index in [1.807, 2.05) is 7.05 Å². The minimum absolute atomic E-state index is 0. The molecule has 2 unspecified atom stereocenters. The van der Waals surface area contributed by atoms with Gasteiger partial charge in [-0.3, -0.25) is 4.99 Å². The predicted octanol–water partition coefficient (Wildman–Crippen LogP) is 4.10. The lowest BCUT2D eigenvalue weighted by molar-refractivity contribution is -0.0721. The fraction of sp³-hybridized carbons (Fsp3) is 0.720. The second-order valence-electron chi connectivity index (χ2n) is 9.01. The largest absolute Gasteiger partial charge is 0.376 e. The summed E-state index contributed by atoms with van der Waals surface area (Å²) in [5.41, 5.74) is 2.72. The second kappa shape index (κ2) is 14.4. The molecule has 2 aliphatic rings. The third kappa shape index (κ3) is 8.15. The summed E-state index contributed by atoms with van der Waals surface area (Å²) in [6.45, 7) is 6.63. The van der Waals surface area contributed by atoms with E-state index in [2.05, 4.69) is 65.4 Å². The number of aryl methyl sites for hydroxylation is 1. The Hall–Kier alpha value is -0.900. The molecule has 182 valence electrons. The number of likely N-dealkylation sites (tertiary alicyclic amines) is 1. The van der Waals surface area contributed by atoms with Gasteiger partial charge in [-0.15, -0.1) is 24.0 Å². The number of aliphatic imine (C=N–C) groups is 1. The van der Waals surface area contributed by atoms with E-state index >= 15 is 0 Å². The molecular formula is C25H43IN4O2. The Labute approximate surface area is 212 Å². The lowest BCUT2D eigenvalue weighted by atomic mass is 10.0. The first kappa shape index (κ1) is 27.3. The quantitative estimate of drug-likeness (QED) is 0.296. The number of nitrogens with one attached hydrogen (secondary N) is 1. The van der Waals surface area contributed by atoms with Crippen LogP contribution < -0.4 is 5.32 Å². The highest BCUT2D eigenvalue weighted by Gasteiger charge is 2.24. The van der Waals surface area contributed by atoms with Gasteiger partial charge in [0.1, 0.15) is 0 Å². The lowest BCUT2D eigenvalue weighted by Crippen LogP contribution is -2.48. The zero-order valence-electron chi connectivity index (χ0n) is 20.4. The van der Waals surface area contributed by atoms with Gasteiger partial charge in [0.05, 0.1) is 24.9 Å². The molecule has 2 saturated heterocycles. The highest BCUT2D eigenvalue weighted by Crippen LogP contribution is 2.20. The monoisotopic (exact) mass is 558 g/mol. The summed E-state index contributed by atoms with van der Waals surface area (Å²) in [6.07, 6.45) is 7.41. The van der Waals surface area contributed by atoms with Crippen LogP contribution >= 0.6 is 24.0 Å². The first-order valence-corrected chi connectivity index (χ1v) is 12.0. The van der Waals surface area contributed by atoms with Crippen molar-refractivity contribution in [2.45, 2.75) is 63.7 Å². The fourth-order valence-corrected chi connectivity index (χ4v) is 4.51. The first-order valence-electron chi connectivity index (χ1n) is 12.0. The molecule has 0 spiro atoms. The van der Waals surface area contributed by atoms with Gasteiger partial charge in [0.15, 0.2) is 5.96 Å². The number of guanidine groups is 1. The highest BCUT2D eigenvalue weighted by atomic mass is 127. The molecular weight excluding hydrogens is 515 g/mol. The third-order valence-electron chi connectivity index (χ3n) is 6.59. The molecule has 0 radical (unpaired) electrons. The zero-order chi connectivity index (χ0) is 22.1. The molecule has 0 bridgehead atoms. The van der Waals surface area contributed by atoms with Crippen molar-refractivity contribution in [2.24, 2.45) is 4.99 Å². The van der Waals surface area contributed by atoms with Crippen molar-refractivity contribution >= 4 is 29.9 Å². The molecule has 32 heavy (non-hydrogen) atoms. The van der Waals surface area contributed by atoms with Crippen LogP contribution in [-0.2, 0) is 15.9 Å². The number of ether oxygens (including phenoxy) is 2. The van der Waals surface area contributed by atoms with Gasteiger partial charge in [0.25, 0.3) is 0 Å². The zero-order valence-corrected chi connectivity index (χ0v) is 22.7. The summed E-state index contributed by atoms with van der Waals surface area (Å²) in [7, 11) is 6.16. The number of halogens is 1. The minimum atomic E-state index is 0. The molecule has 1 aromatic carbocycles. The number of piperidine rings is 1. The molecule has 1 aromatic rings. The van der Waals surface area contributed by atoms with Crippen molar-refractivity contribution in [3.63, 3.8) is 0 Å². The Morgan fingerprint density at radius 3 is 2.47 bits per heavy atom. The van der Waals surface area contributed by atoms with E-state index in [4.69, 9.17) is 9.47 Å². The summed E-state index contributed by atoms with van der Waals surface area (Å²) in [5, 5.41) is 3.62. The van der Waals surface area contributed by atoms with Crippen LogP contribution in [0.15, 0.2) is 29.3 Å². The molecule has 2 aliphatic heterocycles. The summed E-state index contributed by atoms with van der Waals surface area (Å²) < 4.78 is 12.0. The molecule has 0 saturated carbocycles. The van der Waals surface area contributed by atoms with E-state index in [1.54, 1.807) is 0 Å². The van der Waals surface area contributed by atoms with E-state index in [-0.39, 0.29) is 24.0 Å². The van der Waals surface area contributed by atoms with Crippen LogP contribution in [0.25, 0.3) is 0 Å². The summed E-state index contributed by atoms with van der Waals surface area (Å²) in [6, 6.07) is 9.30. The average Bonchev–Trinajstić information content (AvgIpc) is 2.82. The smallest absolute Gasteiger partial charge is 0.193 e. The number of hydrogen-bond donors (Lipinski definition) is 1. The third-order valence-corrected chi connectivity index (χ3v) is 6.59. The first-order chi connectivity index (χ1) is 15.1. The Morgan fingerprint density at radius 2 is 1.91 bits per heavy atom. The highest BCUT2D eigenvalue weighted by molar-refractivity contribution is 14.0. The van der Waals surface area contributed by atoms with Crippen molar-refractivity contribution < 1.29 is 9.47 Å². The van der Waals surface area contributed by atoms with Crippen molar-refractivity contribution in [3.05, 3.63) is 35.4 Å². The van der Waals surface area contributed by atoms with Crippen molar-refractivity contribution in [1.29, 1.82) is 0 Å². The van der Waals surface area contributed by atoms with Crippen LogP contribution in [0, 0.1) is 0 Å². The Bertz CT molecular complexity index is 669. The maximum absolute atomic E-state index is 6.17. The molecule has 1 N–H and O–H groups in total. The van der Waals surface area contributed by atoms with Crippen molar-refractivity contribution in [2.75, 3.05) is 54.0 Å². The molecule has 7 heteroatoms.